The minimum atomic E-state index is -0.143. The number of aliphatic hydroxyl groups is 1. The average Bonchev–Trinajstić information content (AvgIpc) is 3.00. The van der Waals surface area contributed by atoms with E-state index in [4.69, 9.17) is 9.84 Å². The number of ether oxygens (including phenoxy) is 1. The molecule has 1 saturated heterocycles. The van der Waals surface area contributed by atoms with Gasteiger partial charge in [0.1, 0.15) is 9.71 Å². The summed E-state index contributed by atoms with van der Waals surface area (Å²) in [5.74, 6) is -0.0858. The van der Waals surface area contributed by atoms with E-state index in [0.29, 0.717) is 24.1 Å². The van der Waals surface area contributed by atoms with Gasteiger partial charge in [-0.25, -0.2) is 4.98 Å². The number of nitrogens with zero attached hydrogens (tertiary/aromatic N) is 3. The molecule has 7 heteroatoms. The number of carbonyl (C=O) groups excluding carboxylic acids is 1. The molecule has 2 aromatic heterocycles. The fraction of sp³-hybridized carbons (Fsp3) is 0.556. The van der Waals surface area contributed by atoms with E-state index in [-0.39, 0.29) is 18.6 Å². The minimum absolute atomic E-state index is 0.0538. The molecule has 1 aliphatic rings. The van der Waals surface area contributed by atoms with Gasteiger partial charge < -0.3 is 14.7 Å². The summed E-state index contributed by atoms with van der Waals surface area (Å²) in [6, 6.07) is 4.34. The molecule has 0 bridgehead atoms. The second-order valence-corrected chi connectivity index (χ2v) is 7.60. The lowest BCUT2D eigenvalue weighted by Crippen LogP contribution is -2.42. The Morgan fingerprint density at radius 1 is 1.56 bits per heavy atom. The van der Waals surface area contributed by atoms with Crippen LogP contribution >= 0.6 is 11.3 Å². The third kappa shape index (κ3) is 3.69. The standard InChI is InChI=1S/C18H25N3O3S/c1-12(2)21-8-10-24-14(11-21)15-13-5-4-6-19-17(13)25-16(15)18(23)20(3)7-9-22/h4-6,12,14,22H,7-11H2,1-3H3/t14-/m1/s1. The predicted octanol–water partition coefficient (Wildman–Crippen LogP) is 2.14. The molecule has 25 heavy (non-hydrogen) atoms. The van der Waals surface area contributed by atoms with Crippen molar-refractivity contribution in [3.63, 3.8) is 0 Å². The largest absolute Gasteiger partial charge is 0.395 e. The molecule has 1 N–H and O–H groups in total. The first-order chi connectivity index (χ1) is 12.0. The van der Waals surface area contributed by atoms with Crippen molar-refractivity contribution in [1.82, 2.24) is 14.8 Å². The Kier molecular flexibility index (Phi) is 5.68. The molecule has 6 nitrogen and oxygen atoms in total. The van der Waals surface area contributed by atoms with Crippen LogP contribution in [0.1, 0.15) is 35.2 Å². The topological polar surface area (TPSA) is 65.9 Å². The highest BCUT2D eigenvalue weighted by Gasteiger charge is 2.31. The van der Waals surface area contributed by atoms with Crippen LogP contribution in [0.5, 0.6) is 0 Å². The van der Waals surface area contributed by atoms with E-state index in [1.54, 1.807) is 18.1 Å². The Morgan fingerprint density at radius 2 is 2.36 bits per heavy atom. The molecule has 0 aromatic carbocycles. The molecule has 136 valence electrons. The normalized spacial score (nSPS) is 18.8. The van der Waals surface area contributed by atoms with Gasteiger partial charge in [-0.1, -0.05) is 6.07 Å². The molecule has 1 atom stereocenters. The molecule has 0 radical (unpaired) electrons. The first kappa shape index (κ1) is 18.3. The van der Waals surface area contributed by atoms with Gasteiger partial charge in [-0.2, -0.15) is 0 Å². The van der Waals surface area contributed by atoms with Gasteiger partial charge in [0.15, 0.2) is 0 Å². The second kappa shape index (κ2) is 7.78. The summed E-state index contributed by atoms with van der Waals surface area (Å²) in [7, 11) is 1.71. The van der Waals surface area contributed by atoms with Gasteiger partial charge >= 0.3 is 0 Å². The quantitative estimate of drug-likeness (QED) is 0.882. The monoisotopic (exact) mass is 363 g/mol. The van der Waals surface area contributed by atoms with Crippen molar-refractivity contribution < 1.29 is 14.6 Å². The Morgan fingerprint density at radius 3 is 3.08 bits per heavy atom. The number of hydrogen-bond donors (Lipinski definition) is 1. The van der Waals surface area contributed by atoms with E-state index in [0.717, 1.165) is 28.9 Å². The van der Waals surface area contributed by atoms with Crippen LogP contribution in [-0.4, -0.2) is 71.7 Å². The van der Waals surface area contributed by atoms with Gasteiger partial charge in [0.05, 0.1) is 19.3 Å². The molecular weight excluding hydrogens is 338 g/mol. The smallest absolute Gasteiger partial charge is 0.264 e. The van der Waals surface area contributed by atoms with Crippen LogP contribution in [0.4, 0.5) is 0 Å². The van der Waals surface area contributed by atoms with Crippen molar-refractivity contribution in [3.05, 3.63) is 28.8 Å². The highest BCUT2D eigenvalue weighted by atomic mass is 32.1. The van der Waals surface area contributed by atoms with Crippen molar-refractivity contribution in [3.8, 4) is 0 Å². The number of aromatic nitrogens is 1. The fourth-order valence-electron chi connectivity index (χ4n) is 3.17. The highest BCUT2D eigenvalue weighted by Crippen LogP contribution is 2.38. The molecule has 2 aromatic rings. The van der Waals surface area contributed by atoms with Crippen LogP contribution < -0.4 is 0 Å². The second-order valence-electron chi connectivity index (χ2n) is 6.60. The number of carbonyl (C=O) groups is 1. The van der Waals surface area contributed by atoms with E-state index in [9.17, 15) is 4.79 Å². The molecule has 1 fully saturated rings. The summed E-state index contributed by atoms with van der Waals surface area (Å²) < 4.78 is 6.06. The number of morpholine rings is 1. The van der Waals surface area contributed by atoms with Gasteiger partial charge in [-0.3, -0.25) is 9.69 Å². The zero-order valence-corrected chi connectivity index (χ0v) is 15.8. The number of pyridine rings is 1. The van der Waals surface area contributed by atoms with Crippen LogP contribution in [0.2, 0.25) is 0 Å². The van der Waals surface area contributed by atoms with Gasteiger partial charge in [-0.15, -0.1) is 11.3 Å². The minimum Gasteiger partial charge on any atom is -0.395 e. The molecule has 3 heterocycles. The maximum Gasteiger partial charge on any atom is 0.264 e. The molecule has 3 rings (SSSR count). The predicted molar refractivity (Wildman–Crippen MR) is 99.1 cm³/mol. The van der Waals surface area contributed by atoms with Crippen molar-refractivity contribution in [1.29, 1.82) is 0 Å². The zero-order valence-electron chi connectivity index (χ0n) is 14.9. The Balaban J connectivity index is 2.03. The lowest BCUT2D eigenvalue weighted by atomic mass is 10.0. The summed E-state index contributed by atoms with van der Waals surface area (Å²) in [5.41, 5.74) is 0.938. The fourth-order valence-corrected chi connectivity index (χ4v) is 4.36. The molecule has 0 unspecified atom stereocenters. The average molecular weight is 363 g/mol. The summed E-state index contributed by atoms with van der Waals surface area (Å²) in [4.78, 5) is 22.8. The van der Waals surface area contributed by atoms with E-state index < -0.39 is 0 Å². The molecule has 1 aliphatic heterocycles. The number of hydrogen-bond acceptors (Lipinski definition) is 6. The third-order valence-electron chi connectivity index (χ3n) is 4.63. The van der Waals surface area contributed by atoms with Crippen molar-refractivity contribution in [2.45, 2.75) is 26.0 Å². The number of likely N-dealkylation sites (N-methyl/N-ethyl adjacent to an activating group) is 1. The molecular formula is C18H25N3O3S. The van der Waals surface area contributed by atoms with Crippen LogP contribution in [0.3, 0.4) is 0 Å². The third-order valence-corrected chi connectivity index (χ3v) is 5.75. The maximum absolute atomic E-state index is 12.9. The highest BCUT2D eigenvalue weighted by molar-refractivity contribution is 7.20. The summed E-state index contributed by atoms with van der Waals surface area (Å²) >= 11 is 1.41. The van der Waals surface area contributed by atoms with Crippen LogP contribution in [0.25, 0.3) is 10.2 Å². The summed E-state index contributed by atoms with van der Waals surface area (Å²) in [6.07, 6.45) is 1.60. The first-order valence-corrected chi connectivity index (χ1v) is 9.44. The van der Waals surface area contributed by atoms with Gasteiger partial charge in [0.2, 0.25) is 0 Å². The number of fused-ring (bicyclic) bond motifs is 1. The number of rotatable bonds is 5. The van der Waals surface area contributed by atoms with E-state index in [2.05, 4.69) is 23.7 Å². The van der Waals surface area contributed by atoms with Gasteiger partial charge in [0.25, 0.3) is 5.91 Å². The van der Waals surface area contributed by atoms with Gasteiger partial charge in [-0.05, 0) is 19.9 Å². The summed E-state index contributed by atoms with van der Waals surface area (Å²) in [5, 5.41) is 10.1. The Labute approximate surface area is 152 Å². The van der Waals surface area contributed by atoms with E-state index in [1.165, 1.54) is 11.3 Å². The first-order valence-electron chi connectivity index (χ1n) is 8.62. The van der Waals surface area contributed by atoms with Gasteiger partial charge in [0, 0.05) is 49.9 Å². The SMILES string of the molecule is CC(C)N1CCO[C@@H](c2c(C(=O)N(C)CCO)sc3ncccc23)C1. The summed E-state index contributed by atoms with van der Waals surface area (Å²) in [6.45, 7) is 6.93. The lowest BCUT2D eigenvalue weighted by molar-refractivity contribution is -0.0396. The van der Waals surface area contributed by atoms with Crippen molar-refractivity contribution in [2.24, 2.45) is 0 Å². The number of amides is 1. The van der Waals surface area contributed by atoms with E-state index in [1.807, 2.05) is 12.1 Å². The molecule has 1 amide bonds. The Hall–Kier alpha value is -1.54. The van der Waals surface area contributed by atoms with E-state index >= 15 is 0 Å². The van der Waals surface area contributed by atoms with Crippen LogP contribution in [0.15, 0.2) is 18.3 Å². The lowest BCUT2D eigenvalue weighted by Gasteiger charge is -2.36. The van der Waals surface area contributed by atoms with Crippen molar-refractivity contribution in [2.75, 3.05) is 39.9 Å². The number of aliphatic hydroxyl groups excluding tert-OH is 1. The Bertz CT molecular complexity index is 746. The van der Waals surface area contributed by atoms with Crippen LogP contribution in [0, 0.1) is 0 Å². The molecule has 0 spiro atoms. The maximum atomic E-state index is 12.9. The molecule has 0 aliphatic carbocycles. The zero-order chi connectivity index (χ0) is 18.0. The molecule has 0 saturated carbocycles. The van der Waals surface area contributed by atoms with Crippen molar-refractivity contribution >= 4 is 27.5 Å². The van der Waals surface area contributed by atoms with Crippen LogP contribution in [-0.2, 0) is 4.74 Å². The number of thiophene rings is 1.